The van der Waals surface area contributed by atoms with Crippen molar-refractivity contribution in [2.75, 3.05) is 4.90 Å². The summed E-state index contributed by atoms with van der Waals surface area (Å²) in [5, 5.41) is 23.9. The molecule has 34 heavy (non-hydrogen) atoms. The van der Waals surface area contributed by atoms with E-state index >= 15 is 0 Å². The minimum atomic E-state index is -0.890. The number of benzene rings is 4. The number of rotatable bonds is 3. The summed E-state index contributed by atoms with van der Waals surface area (Å²) in [5.41, 5.74) is 3.11. The van der Waals surface area contributed by atoms with Crippen molar-refractivity contribution in [2.24, 2.45) is 0 Å². The molecule has 168 valence electrons. The zero-order chi connectivity index (χ0) is 24.0. The van der Waals surface area contributed by atoms with Gasteiger partial charge in [-0.2, -0.15) is 0 Å². The number of anilines is 1. The number of aryl methyl sites for hydroxylation is 2. The molecule has 1 fully saturated rings. The highest BCUT2D eigenvalue weighted by Crippen LogP contribution is 2.45. The van der Waals surface area contributed by atoms with E-state index in [1.54, 1.807) is 24.3 Å². The first-order chi connectivity index (χ1) is 16.3. The highest BCUT2D eigenvalue weighted by Gasteiger charge is 2.47. The van der Waals surface area contributed by atoms with Crippen molar-refractivity contribution in [2.45, 2.75) is 19.9 Å². The van der Waals surface area contributed by atoms with Crippen LogP contribution in [-0.2, 0) is 9.59 Å². The van der Waals surface area contributed by atoms with E-state index in [0.717, 1.165) is 21.9 Å². The number of carbonyl (C=O) groups is 2. The van der Waals surface area contributed by atoms with Crippen LogP contribution in [-0.4, -0.2) is 21.9 Å². The number of aromatic hydroxyl groups is 1. The highest BCUT2D eigenvalue weighted by molar-refractivity contribution is 6.52. The minimum absolute atomic E-state index is 0.00760. The molecule has 0 saturated carbocycles. The lowest BCUT2D eigenvalue weighted by atomic mass is 9.93. The standard InChI is InChI=1S/C29H23NO4/c1-17-6-5-9-21(14-17)26-25(27(32)22-12-11-19-7-3-4-8-20(19)16-22)28(33)29(34)30(26)23-15-18(2)10-13-24(23)31/h3-16,26,31-32H,1-2H3/b27-25-. The number of phenols is 1. The predicted molar refractivity (Wildman–Crippen MR) is 133 cm³/mol. The number of hydrogen-bond acceptors (Lipinski definition) is 4. The van der Waals surface area contributed by atoms with Crippen LogP contribution < -0.4 is 4.90 Å². The quantitative estimate of drug-likeness (QED) is 0.236. The largest absolute Gasteiger partial charge is 0.507 e. The Balaban J connectivity index is 1.76. The summed E-state index contributed by atoms with van der Waals surface area (Å²) < 4.78 is 0. The topological polar surface area (TPSA) is 77.8 Å². The molecule has 5 heteroatoms. The first-order valence-electron chi connectivity index (χ1n) is 11.0. The van der Waals surface area contributed by atoms with Gasteiger partial charge in [0, 0.05) is 5.56 Å². The van der Waals surface area contributed by atoms with E-state index in [9.17, 15) is 19.8 Å². The van der Waals surface area contributed by atoms with Gasteiger partial charge in [-0.25, -0.2) is 0 Å². The Morgan fingerprint density at radius 1 is 0.794 bits per heavy atom. The third-order valence-electron chi connectivity index (χ3n) is 6.22. The fraction of sp³-hybridized carbons (Fsp3) is 0.103. The molecule has 1 atom stereocenters. The summed E-state index contributed by atoms with van der Waals surface area (Å²) in [4.78, 5) is 27.9. The number of hydrogen-bond donors (Lipinski definition) is 2. The SMILES string of the molecule is Cc1cccc(C2/C(=C(/O)c3ccc4ccccc4c3)C(=O)C(=O)N2c2cc(C)ccc2O)c1. The highest BCUT2D eigenvalue weighted by atomic mass is 16.3. The average molecular weight is 450 g/mol. The Kier molecular flexibility index (Phi) is 5.17. The van der Waals surface area contributed by atoms with Gasteiger partial charge in [-0.1, -0.05) is 72.3 Å². The van der Waals surface area contributed by atoms with Crippen molar-refractivity contribution in [3.63, 3.8) is 0 Å². The van der Waals surface area contributed by atoms with Gasteiger partial charge in [-0.15, -0.1) is 0 Å². The first-order valence-corrected chi connectivity index (χ1v) is 11.0. The smallest absolute Gasteiger partial charge is 0.300 e. The molecule has 1 heterocycles. The van der Waals surface area contributed by atoms with E-state index in [4.69, 9.17) is 0 Å². The lowest BCUT2D eigenvalue weighted by Crippen LogP contribution is -2.29. The van der Waals surface area contributed by atoms with Gasteiger partial charge in [0.2, 0.25) is 0 Å². The van der Waals surface area contributed by atoms with Crippen LogP contribution in [0.4, 0.5) is 5.69 Å². The van der Waals surface area contributed by atoms with Gasteiger partial charge in [0.1, 0.15) is 11.5 Å². The Morgan fingerprint density at radius 3 is 2.29 bits per heavy atom. The van der Waals surface area contributed by atoms with E-state index in [1.165, 1.54) is 11.0 Å². The summed E-state index contributed by atoms with van der Waals surface area (Å²) in [7, 11) is 0. The Morgan fingerprint density at radius 2 is 1.53 bits per heavy atom. The van der Waals surface area contributed by atoms with Gasteiger partial charge in [0.25, 0.3) is 11.7 Å². The number of carbonyl (C=O) groups excluding carboxylic acids is 2. The molecule has 1 saturated heterocycles. The van der Waals surface area contributed by atoms with Gasteiger partial charge in [0.05, 0.1) is 17.3 Å². The van der Waals surface area contributed by atoms with Crippen molar-refractivity contribution in [1.29, 1.82) is 0 Å². The second kappa shape index (κ2) is 8.19. The molecule has 4 aromatic carbocycles. The average Bonchev–Trinajstić information content (AvgIpc) is 3.10. The van der Waals surface area contributed by atoms with Gasteiger partial charge < -0.3 is 10.2 Å². The lowest BCUT2D eigenvalue weighted by molar-refractivity contribution is -0.132. The number of fused-ring (bicyclic) bond motifs is 1. The molecule has 1 aliphatic heterocycles. The van der Waals surface area contributed by atoms with Crippen LogP contribution in [0, 0.1) is 13.8 Å². The maximum absolute atomic E-state index is 13.3. The summed E-state index contributed by atoms with van der Waals surface area (Å²) in [6.07, 6.45) is 0. The summed E-state index contributed by atoms with van der Waals surface area (Å²) in [6.45, 7) is 3.76. The van der Waals surface area contributed by atoms with E-state index in [2.05, 4.69) is 0 Å². The van der Waals surface area contributed by atoms with Crippen LogP contribution in [0.1, 0.15) is 28.3 Å². The molecule has 1 aliphatic rings. The van der Waals surface area contributed by atoms with Crippen LogP contribution in [0.3, 0.4) is 0 Å². The molecule has 0 spiro atoms. The molecule has 0 aliphatic carbocycles. The molecule has 0 bridgehead atoms. The molecule has 5 rings (SSSR count). The normalized spacial score (nSPS) is 17.5. The predicted octanol–water partition coefficient (Wildman–Crippen LogP) is 5.79. The molecule has 0 aromatic heterocycles. The van der Waals surface area contributed by atoms with E-state index in [0.29, 0.717) is 11.1 Å². The number of aliphatic hydroxyl groups is 1. The number of amides is 1. The van der Waals surface area contributed by atoms with Gasteiger partial charge >= 0.3 is 0 Å². The van der Waals surface area contributed by atoms with E-state index in [1.807, 2.05) is 68.4 Å². The van der Waals surface area contributed by atoms with Gasteiger partial charge in [-0.3, -0.25) is 14.5 Å². The van der Waals surface area contributed by atoms with Crippen LogP contribution in [0.2, 0.25) is 0 Å². The Hall–Kier alpha value is -4.38. The maximum Gasteiger partial charge on any atom is 0.300 e. The third-order valence-corrected chi connectivity index (χ3v) is 6.22. The van der Waals surface area contributed by atoms with Crippen molar-refractivity contribution in [1.82, 2.24) is 0 Å². The van der Waals surface area contributed by atoms with E-state index in [-0.39, 0.29) is 22.8 Å². The van der Waals surface area contributed by atoms with Crippen molar-refractivity contribution < 1.29 is 19.8 Å². The fourth-order valence-corrected chi connectivity index (χ4v) is 4.56. The first kappa shape index (κ1) is 21.5. The van der Waals surface area contributed by atoms with Crippen LogP contribution in [0.5, 0.6) is 5.75 Å². The van der Waals surface area contributed by atoms with Gasteiger partial charge in [-0.05, 0) is 53.9 Å². The molecule has 4 aromatic rings. The number of ketones is 1. The van der Waals surface area contributed by atoms with Crippen LogP contribution >= 0.6 is 0 Å². The molecule has 1 unspecified atom stereocenters. The van der Waals surface area contributed by atoms with Crippen molar-refractivity contribution >= 4 is 33.9 Å². The zero-order valence-corrected chi connectivity index (χ0v) is 18.8. The monoisotopic (exact) mass is 449 g/mol. The van der Waals surface area contributed by atoms with Crippen LogP contribution in [0.25, 0.3) is 16.5 Å². The number of phenolic OH excluding ortho intramolecular Hbond substituents is 1. The number of Topliss-reactive ketones (excluding diaryl/α,β-unsaturated/α-hetero) is 1. The summed E-state index contributed by atoms with van der Waals surface area (Å²) in [6, 6.07) is 24.6. The minimum Gasteiger partial charge on any atom is -0.507 e. The van der Waals surface area contributed by atoms with Crippen LogP contribution in [0.15, 0.2) is 90.5 Å². The third kappa shape index (κ3) is 3.52. The number of nitrogens with zero attached hydrogens (tertiary/aromatic N) is 1. The molecule has 0 radical (unpaired) electrons. The van der Waals surface area contributed by atoms with E-state index < -0.39 is 17.7 Å². The van der Waals surface area contributed by atoms with Gasteiger partial charge in [0.15, 0.2) is 0 Å². The molecular weight excluding hydrogens is 426 g/mol. The zero-order valence-electron chi connectivity index (χ0n) is 18.8. The summed E-state index contributed by atoms with van der Waals surface area (Å²) >= 11 is 0. The molecular formula is C29H23NO4. The number of aliphatic hydroxyl groups excluding tert-OH is 1. The molecule has 5 nitrogen and oxygen atoms in total. The van der Waals surface area contributed by atoms with Crippen molar-refractivity contribution in [3.8, 4) is 5.75 Å². The fourth-order valence-electron chi connectivity index (χ4n) is 4.56. The molecule has 2 N–H and O–H groups in total. The van der Waals surface area contributed by atoms with Crippen molar-refractivity contribution in [3.05, 3.63) is 113 Å². The Labute approximate surface area is 197 Å². The maximum atomic E-state index is 13.3. The second-order valence-electron chi connectivity index (χ2n) is 8.64. The molecule has 1 amide bonds. The second-order valence-corrected chi connectivity index (χ2v) is 8.64. The lowest BCUT2D eigenvalue weighted by Gasteiger charge is -2.26. The Bertz CT molecular complexity index is 1500. The summed E-state index contributed by atoms with van der Waals surface area (Å²) in [5.74, 6) is -1.95.